The van der Waals surface area contributed by atoms with Crippen LogP contribution in [0.2, 0.25) is 0 Å². The Morgan fingerprint density at radius 1 is 1.13 bits per heavy atom. The largest absolute Gasteiger partial charge is 0.339 e. The predicted octanol–water partition coefficient (Wildman–Crippen LogP) is 2.68. The maximum absolute atomic E-state index is 12.9. The zero-order chi connectivity index (χ0) is 17.0. The monoisotopic (exact) mass is 356 g/mol. The van der Waals surface area contributed by atoms with E-state index >= 15 is 0 Å². The third kappa shape index (κ3) is 4.08. The minimum Gasteiger partial charge on any atom is -0.339 e. The van der Waals surface area contributed by atoms with Gasteiger partial charge in [0, 0.05) is 32.1 Å². The average Bonchev–Trinajstić information content (AvgIpc) is 2.82. The lowest BCUT2D eigenvalue weighted by Crippen LogP contribution is -2.32. The number of nitrogens with zero attached hydrogens (tertiary/aromatic N) is 2. The van der Waals surface area contributed by atoms with Crippen LogP contribution in [-0.2, 0) is 10.0 Å². The molecule has 1 amide bonds. The van der Waals surface area contributed by atoms with E-state index in [2.05, 4.69) is 0 Å². The van der Waals surface area contributed by atoms with Crippen LogP contribution in [0.3, 0.4) is 0 Å². The summed E-state index contributed by atoms with van der Waals surface area (Å²) in [5, 5.41) is 0. The van der Waals surface area contributed by atoms with E-state index in [1.165, 1.54) is 36.2 Å². The number of hydrogen-bond donors (Lipinski definition) is 0. The first kappa shape index (κ1) is 18.3. The molecule has 0 aliphatic carbocycles. The number of hydrogen-bond acceptors (Lipinski definition) is 4. The van der Waals surface area contributed by atoms with Crippen LogP contribution in [0.15, 0.2) is 28.0 Å². The van der Waals surface area contributed by atoms with Gasteiger partial charge in [-0.25, -0.2) is 12.7 Å². The van der Waals surface area contributed by atoms with E-state index in [0.717, 1.165) is 43.7 Å². The summed E-state index contributed by atoms with van der Waals surface area (Å²) < 4.78 is 25.8. The molecule has 1 aromatic carbocycles. The number of carbonyl (C=O) groups excluding carboxylic acids is 1. The molecule has 0 bridgehead atoms. The van der Waals surface area contributed by atoms with E-state index in [-0.39, 0.29) is 10.8 Å². The van der Waals surface area contributed by atoms with E-state index in [4.69, 9.17) is 0 Å². The van der Waals surface area contributed by atoms with Crippen molar-refractivity contribution in [3.63, 3.8) is 0 Å². The zero-order valence-corrected chi connectivity index (χ0v) is 15.5. The highest BCUT2D eigenvalue weighted by atomic mass is 32.2. The van der Waals surface area contributed by atoms with E-state index in [0.29, 0.717) is 5.56 Å². The third-order valence-electron chi connectivity index (χ3n) is 4.07. The number of rotatable bonds is 4. The average molecular weight is 357 g/mol. The van der Waals surface area contributed by atoms with Crippen LogP contribution in [0.4, 0.5) is 0 Å². The van der Waals surface area contributed by atoms with E-state index < -0.39 is 10.0 Å². The molecule has 0 unspecified atom stereocenters. The second kappa shape index (κ2) is 7.68. The fraction of sp³-hybridized carbons (Fsp3) is 0.562. The smallest absolute Gasteiger partial charge is 0.255 e. The molecule has 0 N–H and O–H groups in total. The van der Waals surface area contributed by atoms with Crippen LogP contribution in [0.5, 0.6) is 0 Å². The summed E-state index contributed by atoms with van der Waals surface area (Å²) in [5.41, 5.74) is 0.488. The number of likely N-dealkylation sites (tertiary alicyclic amines) is 1. The number of carbonyl (C=O) groups is 1. The minimum atomic E-state index is -3.54. The van der Waals surface area contributed by atoms with Gasteiger partial charge in [0.15, 0.2) is 0 Å². The van der Waals surface area contributed by atoms with Crippen molar-refractivity contribution in [1.82, 2.24) is 9.21 Å². The van der Waals surface area contributed by atoms with Gasteiger partial charge in [0.1, 0.15) is 0 Å². The van der Waals surface area contributed by atoms with Crippen molar-refractivity contribution in [1.29, 1.82) is 0 Å². The second-order valence-electron chi connectivity index (χ2n) is 5.86. The van der Waals surface area contributed by atoms with Gasteiger partial charge in [-0.15, -0.1) is 11.8 Å². The normalized spacial score (nSPS) is 16.4. The molecule has 0 atom stereocenters. The van der Waals surface area contributed by atoms with Crippen molar-refractivity contribution in [3.8, 4) is 0 Å². The Balaban J connectivity index is 2.41. The number of amides is 1. The predicted molar refractivity (Wildman–Crippen MR) is 93.5 cm³/mol. The van der Waals surface area contributed by atoms with Crippen LogP contribution in [0.25, 0.3) is 0 Å². The molecule has 1 fully saturated rings. The summed E-state index contributed by atoms with van der Waals surface area (Å²) in [5.74, 6) is -0.0629. The first-order valence-corrected chi connectivity index (χ1v) is 10.4. The van der Waals surface area contributed by atoms with Gasteiger partial charge in [-0.3, -0.25) is 4.79 Å². The fourth-order valence-electron chi connectivity index (χ4n) is 2.67. The molecule has 7 heteroatoms. The minimum absolute atomic E-state index is 0.0629. The first-order chi connectivity index (χ1) is 10.9. The Hall–Kier alpha value is -1.05. The van der Waals surface area contributed by atoms with E-state index in [9.17, 15) is 13.2 Å². The number of benzene rings is 1. The summed E-state index contributed by atoms with van der Waals surface area (Å²) in [6.45, 7) is 1.49. The van der Waals surface area contributed by atoms with Crippen molar-refractivity contribution < 1.29 is 13.2 Å². The summed E-state index contributed by atoms with van der Waals surface area (Å²) in [7, 11) is -0.554. The summed E-state index contributed by atoms with van der Waals surface area (Å²) in [6, 6.07) is 4.82. The topological polar surface area (TPSA) is 57.7 Å². The Morgan fingerprint density at radius 2 is 1.74 bits per heavy atom. The summed E-state index contributed by atoms with van der Waals surface area (Å²) >= 11 is 1.46. The summed E-state index contributed by atoms with van der Waals surface area (Å²) in [6.07, 6.45) is 6.21. The van der Waals surface area contributed by atoms with Gasteiger partial charge in [-0.1, -0.05) is 12.8 Å². The lowest BCUT2D eigenvalue weighted by atomic mass is 10.2. The van der Waals surface area contributed by atoms with Crippen molar-refractivity contribution in [2.75, 3.05) is 33.4 Å². The molecular weight excluding hydrogens is 332 g/mol. The van der Waals surface area contributed by atoms with Crippen LogP contribution in [0, 0.1) is 0 Å². The van der Waals surface area contributed by atoms with Gasteiger partial charge < -0.3 is 4.90 Å². The van der Waals surface area contributed by atoms with Crippen LogP contribution >= 0.6 is 11.8 Å². The maximum atomic E-state index is 12.9. The molecular formula is C16H24N2O3S2. The Labute approximate surface area is 143 Å². The third-order valence-corrected chi connectivity index (χ3v) is 6.68. The maximum Gasteiger partial charge on any atom is 0.255 e. The zero-order valence-electron chi connectivity index (χ0n) is 13.9. The Bertz CT molecular complexity index is 664. The van der Waals surface area contributed by atoms with Gasteiger partial charge in [-0.2, -0.15) is 0 Å². The van der Waals surface area contributed by atoms with Crippen molar-refractivity contribution in [3.05, 3.63) is 23.8 Å². The van der Waals surface area contributed by atoms with Crippen molar-refractivity contribution >= 4 is 27.7 Å². The Morgan fingerprint density at radius 3 is 2.26 bits per heavy atom. The second-order valence-corrected chi connectivity index (χ2v) is 8.86. The highest BCUT2D eigenvalue weighted by Gasteiger charge is 2.24. The molecule has 1 heterocycles. The summed E-state index contributed by atoms with van der Waals surface area (Å²) in [4.78, 5) is 15.7. The highest BCUT2D eigenvalue weighted by molar-refractivity contribution is 7.98. The fourth-order valence-corrected chi connectivity index (χ4v) is 4.17. The number of thioether (sulfide) groups is 1. The van der Waals surface area contributed by atoms with Gasteiger partial charge in [0.05, 0.1) is 10.5 Å². The first-order valence-electron chi connectivity index (χ1n) is 7.78. The molecule has 1 saturated heterocycles. The molecule has 0 aromatic heterocycles. The SMILES string of the molecule is CSc1ccc(S(=O)(=O)N(C)C)cc1C(=O)N1CCCCCC1. The molecule has 128 valence electrons. The molecule has 1 aliphatic heterocycles. The molecule has 2 rings (SSSR count). The highest BCUT2D eigenvalue weighted by Crippen LogP contribution is 2.27. The van der Waals surface area contributed by atoms with Crippen LogP contribution in [0.1, 0.15) is 36.0 Å². The lowest BCUT2D eigenvalue weighted by molar-refractivity contribution is 0.0758. The lowest BCUT2D eigenvalue weighted by Gasteiger charge is -2.22. The van der Waals surface area contributed by atoms with Gasteiger partial charge in [-0.05, 0) is 37.3 Å². The molecule has 0 spiro atoms. The molecule has 23 heavy (non-hydrogen) atoms. The van der Waals surface area contributed by atoms with Crippen LogP contribution < -0.4 is 0 Å². The molecule has 1 aliphatic rings. The number of sulfonamides is 1. The quantitative estimate of drug-likeness (QED) is 0.778. The van der Waals surface area contributed by atoms with Gasteiger partial charge in [0.25, 0.3) is 5.91 Å². The molecule has 0 radical (unpaired) electrons. The van der Waals surface area contributed by atoms with Crippen molar-refractivity contribution in [2.45, 2.75) is 35.5 Å². The Kier molecular flexibility index (Phi) is 6.11. The van der Waals surface area contributed by atoms with Gasteiger partial charge in [0.2, 0.25) is 10.0 Å². The molecule has 5 nitrogen and oxygen atoms in total. The van der Waals surface area contributed by atoms with Gasteiger partial charge >= 0.3 is 0 Å². The standard InChI is InChI=1S/C16H24N2O3S2/c1-17(2)23(20,21)13-8-9-15(22-3)14(12-13)16(19)18-10-6-4-5-7-11-18/h8-9,12H,4-7,10-11H2,1-3H3. The van der Waals surface area contributed by atoms with E-state index in [1.807, 2.05) is 11.2 Å². The van der Waals surface area contributed by atoms with Crippen molar-refractivity contribution in [2.24, 2.45) is 0 Å². The van der Waals surface area contributed by atoms with Crippen LogP contribution in [-0.4, -0.2) is 57.0 Å². The molecule has 1 aromatic rings. The molecule has 0 saturated carbocycles. The van der Waals surface area contributed by atoms with E-state index in [1.54, 1.807) is 12.1 Å².